The SMILES string of the molecule is CCCCC(N)C(=O)OC1CCC(C)CC1. The fraction of sp³-hybridized carbons (Fsp3) is 0.923. The van der Waals surface area contributed by atoms with Gasteiger partial charge < -0.3 is 10.5 Å². The van der Waals surface area contributed by atoms with Gasteiger partial charge in [-0.3, -0.25) is 4.79 Å². The number of rotatable bonds is 5. The highest BCUT2D eigenvalue weighted by atomic mass is 16.5. The van der Waals surface area contributed by atoms with Crippen LogP contribution >= 0.6 is 0 Å². The molecule has 0 aromatic carbocycles. The van der Waals surface area contributed by atoms with E-state index >= 15 is 0 Å². The molecule has 0 aromatic heterocycles. The van der Waals surface area contributed by atoms with Crippen LogP contribution in [-0.2, 0) is 9.53 Å². The number of nitrogens with two attached hydrogens (primary N) is 1. The summed E-state index contributed by atoms with van der Waals surface area (Å²) in [6, 6.07) is -0.417. The van der Waals surface area contributed by atoms with Crippen LogP contribution in [0.25, 0.3) is 0 Å². The molecule has 0 heterocycles. The lowest BCUT2D eigenvalue weighted by Crippen LogP contribution is -2.36. The molecule has 1 rings (SSSR count). The monoisotopic (exact) mass is 227 g/mol. The van der Waals surface area contributed by atoms with Crippen LogP contribution in [0.2, 0.25) is 0 Å². The van der Waals surface area contributed by atoms with Crippen molar-refractivity contribution in [2.45, 2.75) is 70.9 Å². The summed E-state index contributed by atoms with van der Waals surface area (Å²) in [7, 11) is 0. The molecule has 0 aliphatic heterocycles. The Hall–Kier alpha value is -0.570. The standard InChI is InChI=1S/C13H25NO2/c1-3-4-5-12(14)13(15)16-11-8-6-10(2)7-9-11/h10-12H,3-9,14H2,1-2H3. The number of hydrogen-bond donors (Lipinski definition) is 1. The molecule has 0 aromatic rings. The maximum absolute atomic E-state index is 11.7. The van der Waals surface area contributed by atoms with Gasteiger partial charge in [-0.25, -0.2) is 0 Å². The Morgan fingerprint density at radius 1 is 1.38 bits per heavy atom. The van der Waals surface area contributed by atoms with Crippen LogP contribution < -0.4 is 5.73 Å². The highest BCUT2D eigenvalue weighted by molar-refractivity contribution is 5.75. The van der Waals surface area contributed by atoms with Crippen LogP contribution in [0, 0.1) is 5.92 Å². The van der Waals surface area contributed by atoms with E-state index < -0.39 is 6.04 Å². The van der Waals surface area contributed by atoms with Gasteiger partial charge in [0.2, 0.25) is 0 Å². The van der Waals surface area contributed by atoms with E-state index in [1.807, 2.05) is 0 Å². The third kappa shape index (κ3) is 4.52. The smallest absolute Gasteiger partial charge is 0.323 e. The predicted molar refractivity (Wildman–Crippen MR) is 65.0 cm³/mol. The van der Waals surface area contributed by atoms with Gasteiger partial charge in [0.1, 0.15) is 12.1 Å². The first-order chi connectivity index (χ1) is 7.63. The molecule has 1 atom stereocenters. The van der Waals surface area contributed by atoms with Crippen LogP contribution in [0.5, 0.6) is 0 Å². The van der Waals surface area contributed by atoms with Gasteiger partial charge in [0.25, 0.3) is 0 Å². The van der Waals surface area contributed by atoms with Crippen molar-refractivity contribution < 1.29 is 9.53 Å². The van der Waals surface area contributed by atoms with E-state index in [2.05, 4.69) is 13.8 Å². The number of unbranched alkanes of at least 4 members (excludes halogenated alkanes) is 1. The first-order valence-corrected chi connectivity index (χ1v) is 6.59. The second-order valence-electron chi connectivity index (χ2n) is 5.07. The minimum Gasteiger partial charge on any atom is -0.461 e. The van der Waals surface area contributed by atoms with Crippen molar-refractivity contribution >= 4 is 5.97 Å². The molecule has 1 aliphatic rings. The van der Waals surface area contributed by atoms with E-state index in [4.69, 9.17) is 10.5 Å². The average Bonchev–Trinajstić information content (AvgIpc) is 2.29. The Bertz CT molecular complexity index is 210. The van der Waals surface area contributed by atoms with E-state index in [9.17, 15) is 4.79 Å². The van der Waals surface area contributed by atoms with Crippen molar-refractivity contribution in [3.05, 3.63) is 0 Å². The fourth-order valence-corrected chi connectivity index (χ4v) is 2.14. The summed E-state index contributed by atoms with van der Waals surface area (Å²) in [6.45, 7) is 4.35. The van der Waals surface area contributed by atoms with Gasteiger partial charge in [0, 0.05) is 0 Å². The molecule has 3 nitrogen and oxygen atoms in total. The zero-order valence-electron chi connectivity index (χ0n) is 10.6. The van der Waals surface area contributed by atoms with Crippen LogP contribution in [0.15, 0.2) is 0 Å². The number of esters is 1. The number of ether oxygens (including phenoxy) is 1. The molecule has 94 valence electrons. The Morgan fingerprint density at radius 2 is 2.00 bits per heavy atom. The van der Waals surface area contributed by atoms with Crippen molar-refractivity contribution in [3.8, 4) is 0 Å². The van der Waals surface area contributed by atoms with Gasteiger partial charge in [0.05, 0.1) is 0 Å². The summed E-state index contributed by atoms with van der Waals surface area (Å²) >= 11 is 0. The van der Waals surface area contributed by atoms with Crippen LogP contribution in [0.1, 0.15) is 58.8 Å². The molecule has 1 unspecified atom stereocenters. The normalized spacial score (nSPS) is 27.4. The van der Waals surface area contributed by atoms with E-state index in [0.717, 1.165) is 38.0 Å². The lowest BCUT2D eigenvalue weighted by Gasteiger charge is -2.27. The number of carbonyl (C=O) groups excluding carboxylic acids is 1. The van der Waals surface area contributed by atoms with Gasteiger partial charge >= 0.3 is 5.97 Å². The minimum absolute atomic E-state index is 0.122. The molecule has 0 bridgehead atoms. The molecule has 2 N–H and O–H groups in total. The van der Waals surface area contributed by atoms with Crippen LogP contribution in [0.3, 0.4) is 0 Å². The zero-order chi connectivity index (χ0) is 12.0. The molecule has 3 heteroatoms. The number of carbonyl (C=O) groups is 1. The topological polar surface area (TPSA) is 52.3 Å². The van der Waals surface area contributed by atoms with Crippen molar-refractivity contribution in [2.24, 2.45) is 11.7 Å². The van der Waals surface area contributed by atoms with E-state index in [1.54, 1.807) is 0 Å². The number of hydrogen-bond acceptors (Lipinski definition) is 3. The van der Waals surface area contributed by atoms with E-state index in [-0.39, 0.29) is 12.1 Å². The first kappa shape index (κ1) is 13.5. The molecule has 0 radical (unpaired) electrons. The van der Waals surface area contributed by atoms with E-state index in [0.29, 0.717) is 0 Å². The highest BCUT2D eigenvalue weighted by Gasteiger charge is 2.23. The van der Waals surface area contributed by atoms with Gasteiger partial charge in [-0.2, -0.15) is 0 Å². The van der Waals surface area contributed by atoms with Crippen molar-refractivity contribution in [2.75, 3.05) is 0 Å². The largest absolute Gasteiger partial charge is 0.461 e. The Kier molecular flexibility index (Phi) is 5.81. The third-order valence-corrected chi connectivity index (χ3v) is 3.42. The maximum Gasteiger partial charge on any atom is 0.323 e. The van der Waals surface area contributed by atoms with E-state index in [1.165, 1.54) is 12.8 Å². The summed E-state index contributed by atoms with van der Waals surface area (Å²) in [6.07, 6.45) is 7.29. The maximum atomic E-state index is 11.7. The molecule has 1 saturated carbocycles. The van der Waals surface area contributed by atoms with Crippen LogP contribution in [-0.4, -0.2) is 18.1 Å². The summed E-state index contributed by atoms with van der Waals surface area (Å²) in [5.74, 6) is 0.580. The molecular weight excluding hydrogens is 202 g/mol. The molecule has 16 heavy (non-hydrogen) atoms. The zero-order valence-corrected chi connectivity index (χ0v) is 10.6. The fourth-order valence-electron chi connectivity index (χ4n) is 2.14. The Morgan fingerprint density at radius 3 is 2.56 bits per heavy atom. The summed E-state index contributed by atoms with van der Waals surface area (Å²) in [5.41, 5.74) is 5.77. The minimum atomic E-state index is -0.417. The van der Waals surface area contributed by atoms with Crippen molar-refractivity contribution in [1.82, 2.24) is 0 Å². The quantitative estimate of drug-likeness (QED) is 0.735. The molecule has 0 saturated heterocycles. The lowest BCUT2D eigenvalue weighted by molar-refractivity contribution is -0.152. The summed E-state index contributed by atoms with van der Waals surface area (Å²) in [5, 5.41) is 0. The highest BCUT2D eigenvalue weighted by Crippen LogP contribution is 2.25. The van der Waals surface area contributed by atoms with Crippen LogP contribution in [0.4, 0.5) is 0 Å². The third-order valence-electron chi connectivity index (χ3n) is 3.42. The van der Waals surface area contributed by atoms with Gasteiger partial charge in [0.15, 0.2) is 0 Å². The molecule has 1 fully saturated rings. The molecule has 0 spiro atoms. The first-order valence-electron chi connectivity index (χ1n) is 6.59. The van der Waals surface area contributed by atoms with Gasteiger partial charge in [-0.15, -0.1) is 0 Å². The molecule has 0 amide bonds. The van der Waals surface area contributed by atoms with Gasteiger partial charge in [-0.05, 0) is 38.0 Å². The van der Waals surface area contributed by atoms with Crippen molar-refractivity contribution in [1.29, 1.82) is 0 Å². The molecule has 1 aliphatic carbocycles. The Labute approximate surface area is 98.7 Å². The average molecular weight is 227 g/mol. The second-order valence-corrected chi connectivity index (χ2v) is 5.07. The Balaban J connectivity index is 2.22. The lowest BCUT2D eigenvalue weighted by atomic mass is 9.89. The summed E-state index contributed by atoms with van der Waals surface area (Å²) < 4.78 is 5.43. The van der Waals surface area contributed by atoms with Crippen molar-refractivity contribution in [3.63, 3.8) is 0 Å². The summed E-state index contributed by atoms with van der Waals surface area (Å²) in [4.78, 5) is 11.7. The van der Waals surface area contributed by atoms with Gasteiger partial charge in [-0.1, -0.05) is 26.7 Å². The molecular formula is C13H25NO2. The second kappa shape index (κ2) is 6.89. The predicted octanol–water partition coefficient (Wildman–Crippen LogP) is 2.63.